The van der Waals surface area contributed by atoms with Crippen LogP contribution in [0.15, 0.2) is 11.4 Å². The number of thiophene rings is 1. The standard InChI is InChI=1S/C12H15N3OS2/c1-2-13-10-8-3-5-18-12(8)15-11(14-10)9-7-17-6-4-16-9/h3,5,9H,2,4,6-7H2,1H3,(H,13,14,15). The normalized spacial score (nSPS) is 20.2. The predicted octanol–water partition coefficient (Wildman–Crippen LogP) is 2.93. The Balaban J connectivity index is 2.00. The van der Waals surface area contributed by atoms with Gasteiger partial charge in [-0.05, 0) is 18.4 Å². The molecule has 0 aromatic carbocycles. The lowest BCUT2D eigenvalue weighted by Gasteiger charge is -2.21. The van der Waals surface area contributed by atoms with E-state index in [9.17, 15) is 0 Å². The van der Waals surface area contributed by atoms with E-state index >= 15 is 0 Å². The molecule has 1 unspecified atom stereocenters. The Hall–Kier alpha value is -0.850. The summed E-state index contributed by atoms with van der Waals surface area (Å²) in [7, 11) is 0. The number of hydrogen-bond donors (Lipinski definition) is 1. The highest BCUT2D eigenvalue weighted by molar-refractivity contribution is 7.99. The van der Waals surface area contributed by atoms with Gasteiger partial charge in [0, 0.05) is 18.1 Å². The van der Waals surface area contributed by atoms with Crippen LogP contribution in [0.4, 0.5) is 5.82 Å². The molecule has 4 nitrogen and oxygen atoms in total. The van der Waals surface area contributed by atoms with Crippen LogP contribution in [0.25, 0.3) is 10.2 Å². The lowest BCUT2D eigenvalue weighted by molar-refractivity contribution is 0.0698. The number of aromatic nitrogens is 2. The molecule has 0 amide bonds. The molecule has 18 heavy (non-hydrogen) atoms. The molecule has 1 fully saturated rings. The minimum absolute atomic E-state index is 0.0349. The minimum atomic E-state index is 0.0349. The third-order valence-corrected chi connectivity index (χ3v) is 4.59. The van der Waals surface area contributed by atoms with Crippen molar-refractivity contribution in [1.29, 1.82) is 0 Å². The first-order valence-electron chi connectivity index (χ1n) is 6.07. The Morgan fingerprint density at radius 1 is 1.50 bits per heavy atom. The second-order valence-electron chi connectivity index (χ2n) is 4.03. The zero-order chi connectivity index (χ0) is 12.4. The topological polar surface area (TPSA) is 47.0 Å². The molecule has 96 valence electrons. The van der Waals surface area contributed by atoms with Crippen LogP contribution in [-0.4, -0.2) is 34.6 Å². The van der Waals surface area contributed by atoms with E-state index in [2.05, 4.69) is 33.7 Å². The number of ether oxygens (including phenoxy) is 1. The molecular formula is C12H15N3OS2. The predicted molar refractivity (Wildman–Crippen MR) is 77.6 cm³/mol. The van der Waals surface area contributed by atoms with E-state index in [4.69, 9.17) is 4.74 Å². The van der Waals surface area contributed by atoms with Crippen LogP contribution in [0.1, 0.15) is 18.9 Å². The molecule has 0 saturated carbocycles. The lowest BCUT2D eigenvalue weighted by atomic mass is 10.3. The summed E-state index contributed by atoms with van der Waals surface area (Å²) in [5, 5.41) is 6.47. The van der Waals surface area contributed by atoms with Gasteiger partial charge in [0.15, 0.2) is 5.82 Å². The number of thioether (sulfide) groups is 1. The molecule has 0 spiro atoms. The monoisotopic (exact) mass is 281 g/mol. The maximum absolute atomic E-state index is 5.75. The molecule has 1 N–H and O–H groups in total. The molecule has 2 aromatic rings. The van der Waals surface area contributed by atoms with Crippen molar-refractivity contribution >= 4 is 39.1 Å². The van der Waals surface area contributed by atoms with Gasteiger partial charge in [0.25, 0.3) is 0 Å². The van der Waals surface area contributed by atoms with E-state index in [1.807, 2.05) is 11.8 Å². The van der Waals surface area contributed by atoms with Crippen molar-refractivity contribution in [3.05, 3.63) is 17.3 Å². The van der Waals surface area contributed by atoms with E-state index in [1.54, 1.807) is 11.3 Å². The third kappa shape index (κ3) is 2.32. The summed E-state index contributed by atoms with van der Waals surface area (Å²) < 4.78 is 5.75. The molecule has 1 atom stereocenters. The molecule has 0 radical (unpaired) electrons. The van der Waals surface area contributed by atoms with Crippen molar-refractivity contribution in [3.8, 4) is 0 Å². The van der Waals surface area contributed by atoms with Crippen molar-refractivity contribution in [1.82, 2.24) is 9.97 Å². The summed E-state index contributed by atoms with van der Waals surface area (Å²) in [5.41, 5.74) is 0. The first-order chi connectivity index (χ1) is 8.88. The van der Waals surface area contributed by atoms with Crippen LogP contribution in [0.3, 0.4) is 0 Å². The number of nitrogens with zero attached hydrogens (tertiary/aromatic N) is 2. The van der Waals surface area contributed by atoms with Crippen molar-refractivity contribution < 1.29 is 4.74 Å². The molecule has 0 bridgehead atoms. The maximum Gasteiger partial charge on any atom is 0.162 e. The summed E-state index contributed by atoms with van der Waals surface area (Å²) in [6, 6.07) is 2.07. The van der Waals surface area contributed by atoms with Gasteiger partial charge >= 0.3 is 0 Å². The van der Waals surface area contributed by atoms with Crippen molar-refractivity contribution in [2.45, 2.75) is 13.0 Å². The number of fused-ring (bicyclic) bond motifs is 1. The summed E-state index contributed by atoms with van der Waals surface area (Å²) in [4.78, 5) is 10.3. The largest absolute Gasteiger partial charge is 0.370 e. The van der Waals surface area contributed by atoms with Gasteiger partial charge in [-0.1, -0.05) is 0 Å². The van der Waals surface area contributed by atoms with Gasteiger partial charge in [-0.2, -0.15) is 11.8 Å². The highest BCUT2D eigenvalue weighted by Crippen LogP contribution is 2.30. The van der Waals surface area contributed by atoms with Gasteiger partial charge in [0.05, 0.1) is 12.0 Å². The van der Waals surface area contributed by atoms with Gasteiger partial charge in [0.2, 0.25) is 0 Å². The van der Waals surface area contributed by atoms with Crippen LogP contribution in [0.5, 0.6) is 0 Å². The fourth-order valence-corrected chi connectivity index (χ4v) is 3.57. The molecule has 3 rings (SSSR count). The molecule has 1 aliphatic rings. The lowest BCUT2D eigenvalue weighted by Crippen LogP contribution is -2.18. The van der Waals surface area contributed by atoms with Crippen molar-refractivity contribution in [3.63, 3.8) is 0 Å². The third-order valence-electron chi connectivity index (χ3n) is 2.79. The summed E-state index contributed by atoms with van der Waals surface area (Å²) in [5.74, 6) is 3.76. The second-order valence-corrected chi connectivity index (χ2v) is 6.08. The van der Waals surface area contributed by atoms with E-state index in [0.29, 0.717) is 0 Å². The van der Waals surface area contributed by atoms with E-state index < -0.39 is 0 Å². The number of anilines is 1. The summed E-state index contributed by atoms with van der Waals surface area (Å²) in [6.45, 7) is 3.73. The zero-order valence-corrected chi connectivity index (χ0v) is 11.8. The number of hydrogen-bond acceptors (Lipinski definition) is 6. The SMILES string of the molecule is CCNc1nc(C2CSCCO2)nc2sccc12. The van der Waals surface area contributed by atoms with Gasteiger partial charge in [-0.25, -0.2) is 9.97 Å². The average Bonchev–Trinajstić information content (AvgIpc) is 2.88. The Labute approximate surface area is 114 Å². The average molecular weight is 281 g/mol. The van der Waals surface area contributed by atoms with Crippen LogP contribution >= 0.6 is 23.1 Å². The Morgan fingerprint density at radius 3 is 3.22 bits per heavy atom. The van der Waals surface area contributed by atoms with E-state index in [-0.39, 0.29) is 6.10 Å². The molecule has 1 saturated heterocycles. The number of rotatable bonds is 3. The first-order valence-corrected chi connectivity index (χ1v) is 8.10. The van der Waals surface area contributed by atoms with Crippen LogP contribution in [-0.2, 0) is 4.74 Å². The van der Waals surface area contributed by atoms with Gasteiger partial charge in [0.1, 0.15) is 16.8 Å². The highest BCUT2D eigenvalue weighted by Gasteiger charge is 2.21. The molecule has 2 aromatic heterocycles. The quantitative estimate of drug-likeness (QED) is 0.937. The van der Waals surface area contributed by atoms with Crippen LogP contribution < -0.4 is 5.32 Å². The van der Waals surface area contributed by atoms with Gasteiger partial charge in [-0.3, -0.25) is 0 Å². The fraction of sp³-hybridized carbons (Fsp3) is 0.500. The fourth-order valence-electron chi connectivity index (χ4n) is 1.95. The minimum Gasteiger partial charge on any atom is -0.370 e. The van der Waals surface area contributed by atoms with Crippen molar-refractivity contribution in [2.75, 3.05) is 30.0 Å². The molecule has 6 heteroatoms. The zero-order valence-electron chi connectivity index (χ0n) is 10.2. The Kier molecular flexibility index (Phi) is 3.67. The van der Waals surface area contributed by atoms with E-state index in [0.717, 1.165) is 46.5 Å². The molecular weight excluding hydrogens is 266 g/mol. The first kappa shape index (κ1) is 12.2. The van der Waals surface area contributed by atoms with Gasteiger partial charge < -0.3 is 10.1 Å². The Morgan fingerprint density at radius 2 is 2.44 bits per heavy atom. The maximum atomic E-state index is 5.75. The molecule has 1 aliphatic heterocycles. The van der Waals surface area contributed by atoms with Gasteiger partial charge in [-0.15, -0.1) is 11.3 Å². The number of nitrogens with one attached hydrogen (secondary N) is 1. The highest BCUT2D eigenvalue weighted by atomic mass is 32.2. The van der Waals surface area contributed by atoms with Crippen LogP contribution in [0, 0.1) is 0 Å². The van der Waals surface area contributed by atoms with E-state index in [1.165, 1.54) is 0 Å². The summed E-state index contributed by atoms with van der Waals surface area (Å²) >= 11 is 3.55. The molecule has 3 heterocycles. The second kappa shape index (κ2) is 5.42. The van der Waals surface area contributed by atoms with Crippen molar-refractivity contribution in [2.24, 2.45) is 0 Å². The summed E-state index contributed by atoms with van der Waals surface area (Å²) in [6.07, 6.45) is 0.0349. The smallest absolute Gasteiger partial charge is 0.162 e. The van der Waals surface area contributed by atoms with Crippen LogP contribution in [0.2, 0.25) is 0 Å². The Bertz CT molecular complexity index is 537. The molecule has 0 aliphatic carbocycles.